The Hall–Kier alpha value is -4.92. The number of morpholine rings is 1. The van der Waals surface area contributed by atoms with E-state index in [0.29, 0.717) is 49.8 Å². The number of anilines is 2. The molecule has 3 saturated heterocycles. The Labute approximate surface area is 279 Å². The van der Waals surface area contributed by atoms with Crippen molar-refractivity contribution >= 4 is 39.5 Å². The lowest BCUT2D eigenvalue weighted by atomic mass is 9.90. The van der Waals surface area contributed by atoms with Crippen molar-refractivity contribution in [1.82, 2.24) is 15.0 Å². The molecule has 0 bridgehead atoms. The van der Waals surface area contributed by atoms with Gasteiger partial charge in [0.1, 0.15) is 34.5 Å². The highest BCUT2D eigenvalue weighted by Gasteiger charge is 2.50. The van der Waals surface area contributed by atoms with E-state index in [2.05, 4.69) is 21.8 Å². The van der Waals surface area contributed by atoms with Crippen LogP contribution >= 0.6 is 0 Å². The summed E-state index contributed by atoms with van der Waals surface area (Å²) in [5, 5.41) is 10.9. The normalized spacial score (nSPS) is 21.9. The third-order valence-electron chi connectivity index (χ3n) is 9.79. The molecule has 0 aliphatic carbocycles. The number of nitrogens with two attached hydrogens (primary N) is 1. The summed E-state index contributed by atoms with van der Waals surface area (Å²) < 4.78 is 52.5. The number of aromatic nitrogens is 3. The third-order valence-corrected chi connectivity index (χ3v) is 9.79. The average Bonchev–Trinajstić information content (AvgIpc) is 3.69. The van der Waals surface area contributed by atoms with Crippen molar-refractivity contribution in [3.05, 3.63) is 72.2 Å². The number of furan rings is 1. The second-order valence-electron chi connectivity index (χ2n) is 12.7. The molecular formula is C35H34F2N6O6. The zero-order chi connectivity index (χ0) is 33.9. The van der Waals surface area contributed by atoms with Gasteiger partial charge in [-0.1, -0.05) is 30.3 Å². The predicted molar refractivity (Wildman–Crippen MR) is 176 cm³/mol. The van der Waals surface area contributed by atoms with Gasteiger partial charge in [-0.25, -0.2) is 28.5 Å². The average molecular weight is 673 g/mol. The number of hydrogen-bond acceptors (Lipinski definition) is 11. The van der Waals surface area contributed by atoms with Gasteiger partial charge in [0.05, 0.1) is 32.4 Å². The van der Waals surface area contributed by atoms with E-state index in [4.69, 9.17) is 29.3 Å². The van der Waals surface area contributed by atoms with Gasteiger partial charge in [0.15, 0.2) is 17.2 Å². The smallest absolute Gasteiger partial charge is 0.326 e. The van der Waals surface area contributed by atoms with Crippen LogP contribution in [-0.2, 0) is 20.8 Å². The lowest BCUT2D eigenvalue weighted by Gasteiger charge is -2.53. The highest BCUT2D eigenvalue weighted by atomic mass is 19.3. The molecule has 0 radical (unpaired) electrons. The van der Waals surface area contributed by atoms with Gasteiger partial charge in [0.2, 0.25) is 5.88 Å². The number of halogens is 2. The van der Waals surface area contributed by atoms with Gasteiger partial charge in [-0.15, -0.1) is 0 Å². The maximum absolute atomic E-state index is 14.1. The van der Waals surface area contributed by atoms with E-state index in [0.717, 1.165) is 22.4 Å². The standard InChI is InChI=1S/C35H34F2N6O6/c1-19-35(17-46-18-35)47-10-9-42(19)25-12-22(21-6-4-5-20(11-21)14-38)15-39-33(25)48-23-13-26(34(44)45)43(16-23)32-29-28(40-31(41-32)30(36)37)24-7-2-3-8-27(24)49-29/h2-8,11-12,15,19,23,26,30H,9-10,13-14,16-18,38H2,1H3,(H,44,45)/t19-,23-,26-/m0/s1. The van der Waals surface area contributed by atoms with E-state index in [-0.39, 0.29) is 35.9 Å². The van der Waals surface area contributed by atoms with Crippen molar-refractivity contribution in [3.63, 3.8) is 0 Å². The topological polar surface area (TPSA) is 149 Å². The molecule has 14 heteroatoms. The van der Waals surface area contributed by atoms with Crippen molar-refractivity contribution in [2.75, 3.05) is 42.7 Å². The molecule has 0 saturated carbocycles. The molecule has 2 aromatic carbocycles. The number of hydrogen-bond donors (Lipinski definition) is 2. The predicted octanol–water partition coefficient (Wildman–Crippen LogP) is 4.94. The number of fused-ring (bicyclic) bond motifs is 3. The highest BCUT2D eigenvalue weighted by Crippen LogP contribution is 2.42. The first kappa shape index (κ1) is 31.4. The molecule has 3 aliphatic rings. The maximum Gasteiger partial charge on any atom is 0.326 e. The number of carboxylic acid groups (broad SMARTS) is 1. The van der Waals surface area contributed by atoms with E-state index in [1.54, 1.807) is 30.5 Å². The molecule has 254 valence electrons. The quantitative estimate of drug-likeness (QED) is 0.230. The van der Waals surface area contributed by atoms with Crippen molar-refractivity contribution in [3.8, 4) is 17.0 Å². The van der Waals surface area contributed by atoms with Crippen LogP contribution in [0.3, 0.4) is 0 Å². The number of carbonyl (C=O) groups is 1. The zero-order valence-electron chi connectivity index (χ0n) is 26.6. The summed E-state index contributed by atoms with van der Waals surface area (Å²) in [6.45, 7) is 4.50. The molecule has 3 aromatic heterocycles. The first-order chi connectivity index (χ1) is 23.7. The number of para-hydroxylation sites is 1. The first-order valence-corrected chi connectivity index (χ1v) is 16.2. The van der Waals surface area contributed by atoms with Crippen molar-refractivity contribution in [2.24, 2.45) is 5.73 Å². The fourth-order valence-electron chi connectivity index (χ4n) is 7.07. The first-order valence-electron chi connectivity index (χ1n) is 16.2. The van der Waals surface area contributed by atoms with Crippen molar-refractivity contribution < 1.29 is 37.3 Å². The SMILES string of the molecule is C[C@@H]1N(c2cc(-c3cccc(CN)c3)cnc2O[C@H]2C[C@@H](C(=O)O)N(c3nc(C(F)F)nc4c3oc3ccccc34)C2)CCOC12COC2. The van der Waals surface area contributed by atoms with E-state index in [9.17, 15) is 18.7 Å². The highest BCUT2D eigenvalue weighted by molar-refractivity contribution is 6.06. The lowest BCUT2D eigenvalue weighted by molar-refractivity contribution is -0.228. The molecule has 0 amide bonds. The third kappa shape index (κ3) is 5.40. The number of aliphatic carboxylic acids is 1. The largest absolute Gasteiger partial charge is 0.480 e. The fourth-order valence-corrected chi connectivity index (χ4v) is 7.07. The van der Waals surface area contributed by atoms with Gasteiger partial charge in [-0.3, -0.25) is 0 Å². The molecule has 12 nitrogen and oxygen atoms in total. The van der Waals surface area contributed by atoms with Crippen LogP contribution in [0.5, 0.6) is 5.88 Å². The van der Waals surface area contributed by atoms with Gasteiger partial charge < -0.3 is 39.3 Å². The number of rotatable bonds is 8. The minimum Gasteiger partial charge on any atom is -0.480 e. The van der Waals surface area contributed by atoms with Crippen LogP contribution in [0.15, 0.2) is 65.2 Å². The van der Waals surface area contributed by atoms with Gasteiger partial charge in [0, 0.05) is 36.7 Å². The zero-order valence-corrected chi connectivity index (χ0v) is 26.6. The van der Waals surface area contributed by atoms with Gasteiger partial charge in [-0.05, 0) is 42.3 Å². The summed E-state index contributed by atoms with van der Waals surface area (Å²) in [6, 6.07) is 15.6. The molecular weight excluding hydrogens is 638 g/mol. The van der Waals surface area contributed by atoms with Crippen LogP contribution in [-0.4, -0.2) is 82.7 Å². The Bertz CT molecular complexity index is 2050. The van der Waals surface area contributed by atoms with Crippen molar-refractivity contribution in [2.45, 2.75) is 50.1 Å². The van der Waals surface area contributed by atoms with E-state index < -0.39 is 36.0 Å². The molecule has 0 unspecified atom stereocenters. The van der Waals surface area contributed by atoms with Crippen LogP contribution in [0.1, 0.15) is 31.2 Å². The van der Waals surface area contributed by atoms with Crippen LogP contribution < -0.4 is 20.3 Å². The Morgan fingerprint density at radius 2 is 1.96 bits per heavy atom. The molecule has 3 atom stereocenters. The summed E-state index contributed by atoms with van der Waals surface area (Å²) in [4.78, 5) is 29.3. The summed E-state index contributed by atoms with van der Waals surface area (Å²) in [6.07, 6.45) is -1.89. The number of nitrogens with zero attached hydrogens (tertiary/aromatic N) is 5. The Morgan fingerprint density at radius 1 is 1.12 bits per heavy atom. The maximum atomic E-state index is 14.1. The lowest BCUT2D eigenvalue weighted by Crippen LogP contribution is -2.68. The second kappa shape index (κ2) is 12.2. The van der Waals surface area contributed by atoms with Crippen LogP contribution in [0.2, 0.25) is 0 Å². The molecule has 5 aromatic rings. The van der Waals surface area contributed by atoms with Gasteiger partial charge in [0.25, 0.3) is 6.43 Å². The van der Waals surface area contributed by atoms with Crippen molar-refractivity contribution in [1.29, 1.82) is 0 Å². The molecule has 8 rings (SSSR count). The number of carboxylic acids is 1. The Morgan fingerprint density at radius 3 is 2.71 bits per heavy atom. The summed E-state index contributed by atoms with van der Waals surface area (Å²) in [5.74, 6) is -1.56. The molecule has 1 spiro atoms. The van der Waals surface area contributed by atoms with Crippen LogP contribution in [0, 0.1) is 0 Å². The molecule has 6 heterocycles. The van der Waals surface area contributed by atoms with Crippen LogP contribution in [0.25, 0.3) is 33.2 Å². The number of ether oxygens (including phenoxy) is 3. The van der Waals surface area contributed by atoms with Gasteiger partial charge >= 0.3 is 5.97 Å². The second-order valence-corrected chi connectivity index (χ2v) is 12.7. The van der Waals surface area contributed by atoms with Crippen LogP contribution in [0.4, 0.5) is 20.3 Å². The van der Waals surface area contributed by atoms with E-state index in [1.165, 1.54) is 4.90 Å². The Balaban J connectivity index is 1.17. The monoisotopic (exact) mass is 672 g/mol. The molecule has 49 heavy (non-hydrogen) atoms. The number of alkyl halides is 2. The Kier molecular flexibility index (Phi) is 7.81. The number of pyridine rings is 1. The number of benzene rings is 2. The summed E-state index contributed by atoms with van der Waals surface area (Å²) in [5.41, 5.74) is 9.73. The summed E-state index contributed by atoms with van der Waals surface area (Å²) in [7, 11) is 0. The minimum absolute atomic E-state index is 0.0213. The van der Waals surface area contributed by atoms with E-state index >= 15 is 0 Å². The fraction of sp³-hybridized carbons (Fsp3) is 0.371. The molecule has 3 fully saturated rings. The van der Waals surface area contributed by atoms with E-state index in [1.807, 2.05) is 30.3 Å². The minimum atomic E-state index is -2.98. The van der Waals surface area contributed by atoms with Gasteiger partial charge in [-0.2, -0.15) is 0 Å². The molecule has 3 N–H and O–H groups in total. The summed E-state index contributed by atoms with van der Waals surface area (Å²) >= 11 is 0. The molecule has 3 aliphatic heterocycles.